The number of nitrogens with zero attached hydrogens (tertiary/aromatic N) is 1. The first-order chi connectivity index (χ1) is 9.35. The van der Waals surface area contributed by atoms with E-state index in [9.17, 15) is 23.1 Å². The third kappa shape index (κ3) is 4.32. The summed E-state index contributed by atoms with van der Waals surface area (Å²) in [5.74, 6) is 0.0434. The second-order valence-electron chi connectivity index (χ2n) is 4.70. The number of ether oxygens (including phenoxy) is 1. The van der Waals surface area contributed by atoms with E-state index in [0.29, 0.717) is 5.56 Å². The van der Waals surface area contributed by atoms with Crippen molar-refractivity contribution in [1.82, 2.24) is 4.90 Å². The van der Waals surface area contributed by atoms with Gasteiger partial charge in [0, 0.05) is 12.6 Å². The maximum atomic E-state index is 12.0. The van der Waals surface area contributed by atoms with Crippen molar-refractivity contribution in [2.45, 2.75) is 31.6 Å². The van der Waals surface area contributed by atoms with Crippen LogP contribution in [0.4, 0.5) is 18.0 Å². The van der Waals surface area contributed by atoms with Crippen molar-refractivity contribution in [2.24, 2.45) is 0 Å². The van der Waals surface area contributed by atoms with Crippen LogP contribution in [0.2, 0.25) is 0 Å². The van der Waals surface area contributed by atoms with Crippen LogP contribution in [0.5, 0.6) is 5.75 Å². The van der Waals surface area contributed by atoms with Crippen LogP contribution in [-0.4, -0.2) is 34.9 Å². The van der Waals surface area contributed by atoms with Crippen molar-refractivity contribution in [3.63, 3.8) is 0 Å². The first-order valence-corrected chi connectivity index (χ1v) is 6.13. The molecule has 7 heteroatoms. The molecule has 1 aromatic carbocycles. The second-order valence-corrected chi connectivity index (χ2v) is 4.70. The Bertz CT molecular complexity index is 486. The minimum atomic E-state index is -4.53. The fourth-order valence-corrected chi connectivity index (χ4v) is 1.81. The van der Waals surface area contributed by atoms with E-state index in [1.807, 2.05) is 0 Å². The molecule has 0 aliphatic heterocycles. The summed E-state index contributed by atoms with van der Waals surface area (Å²) in [5.41, 5.74) is 0.640. The average molecular weight is 289 g/mol. The van der Waals surface area contributed by atoms with Gasteiger partial charge in [-0.3, -0.25) is 0 Å². The molecule has 0 unspecified atom stereocenters. The molecule has 1 aliphatic carbocycles. The number of amides is 1. The Kier molecular flexibility index (Phi) is 4.06. The van der Waals surface area contributed by atoms with E-state index >= 15 is 0 Å². The van der Waals surface area contributed by atoms with Gasteiger partial charge in [0.25, 0.3) is 0 Å². The predicted octanol–water partition coefficient (Wildman–Crippen LogP) is 3.06. The van der Waals surface area contributed by atoms with Crippen molar-refractivity contribution in [1.29, 1.82) is 0 Å². The van der Waals surface area contributed by atoms with Gasteiger partial charge in [-0.25, -0.2) is 4.79 Å². The molecule has 1 N–H and O–H groups in total. The number of hydrogen-bond donors (Lipinski definition) is 1. The minimum absolute atomic E-state index is 0.0434. The fourth-order valence-electron chi connectivity index (χ4n) is 1.81. The summed E-state index contributed by atoms with van der Waals surface area (Å²) in [6, 6.07) is 6.15. The van der Waals surface area contributed by atoms with Gasteiger partial charge in [0.05, 0.1) is 0 Å². The molecule has 20 heavy (non-hydrogen) atoms. The lowest BCUT2D eigenvalue weighted by Gasteiger charge is -2.22. The molecule has 1 saturated carbocycles. The molecule has 2 rings (SSSR count). The lowest BCUT2D eigenvalue weighted by Crippen LogP contribution is -2.35. The third-order valence-electron chi connectivity index (χ3n) is 2.84. The topological polar surface area (TPSA) is 49.8 Å². The van der Waals surface area contributed by atoms with E-state index in [1.54, 1.807) is 12.1 Å². The molecule has 1 amide bonds. The first kappa shape index (κ1) is 14.5. The van der Waals surface area contributed by atoms with Crippen LogP contribution in [0, 0.1) is 0 Å². The average Bonchev–Trinajstić information content (AvgIpc) is 3.16. The standard InChI is InChI=1S/C13H14F3NO3/c14-13(15,16)8-20-12(19)17(10-4-5-10)7-9-2-1-3-11(18)6-9/h1-3,6,10,18H,4-5,7-8H2. The highest BCUT2D eigenvalue weighted by Crippen LogP contribution is 2.30. The van der Waals surface area contributed by atoms with Gasteiger partial charge in [-0.2, -0.15) is 13.2 Å². The van der Waals surface area contributed by atoms with Gasteiger partial charge >= 0.3 is 12.3 Å². The highest BCUT2D eigenvalue weighted by atomic mass is 19.4. The van der Waals surface area contributed by atoms with Crippen molar-refractivity contribution in [2.75, 3.05) is 6.61 Å². The number of phenolic OH excluding ortho intramolecular Hbond substituents is 1. The number of alkyl halides is 3. The molecule has 4 nitrogen and oxygen atoms in total. The number of carbonyl (C=O) groups excluding carboxylic acids is 1. The van der Waals surface area contributed by atoms with Gasteiger partial charge in [0.2, 0.25) is 0 Å². The smallest absolute Gasteiger partial charge is 0.422 e. The monoisotopic (exact) mass is 289 g/mol. The quantitative estimate of drug-likeness (QED) is 0.926. The van der Waals surface area contributed by atoms with Gasteiger partial charge < -0.3 is 14.7 Å². The minimum Gasteiger partial charge on any atom is -0.508 e. The van der Waals surface area contributed by atoms with Crippen molar-refractivity contribution >= 4 is 6.09 Å². The number of halogens is 3. The molecule has 1 aromatic rings. The fraction of sp³-hybridized carbons (Fsp3) is 0.462. The maximum Gasteiger partial charge on any atom is 0.422 e. The summed E-state index contributed by atoms with van der Waals surface area (Å²) in [6.07, 6.45) is -4.01. The number of rotatable bonds is 4. The Morgan fingerprint density at radius 3 is 2.65 bits per heavy atom. The molecule has 0 atom stereocenters. The van der Waals surface area contributed by atoms with E-state index in [2.05, 4.69) is 4.74 Å². The molecule has 0 spiro atoms. The van der Waals surface area contributed by atoms with E-state index in [4.69, 9.17) is 0 Å². The van der Waals surface area contributed by atoms with Crippen molar-refractivity contribution in [3.05, 3.63) is 29.8 Å². The molecule has 0 aromatic heterocycles. The van der Waals surface area contributed by atoms with E-state index in [-0.39, 0.29) is 18.3 Å². The zero-order chi connectivity index (χ0) is 14.8. The summed E-state index contributed by atoms with van der Waals surface area (Å²) in [5, 5.41) is 9.35. The normalized spacial score (nSPS) is 14.9. The van der Waals surface area contributed by atoms with Gasteiger partial charge in [0.15, 0.2) is 6.61 Å². The molecule has 0 heterocycles. The Morgan fingerprint density at radius 2 is 2.10 bits per heavy atom. The predicted molar refractivity (Wildman–Crippen MR) is 64.1 cm³/mol. The Labute approximate surface area is 113 Å². The molecular formula is C13H14F3NO3. The van der Waals surface area contributed by atoms with Crippen LogP contribution in [-0.2, 0) is 11.3 Å². The zero-order valence-electron chi connectivity index (χ0n) is 10.6. The van der Waals surface area contributed by atoms with Crippen LogP contribution < -0.4 is 0 Å². The molecule has 0 saturated heterocycles. The molecule has 0 radical (unpaired) electrons. The number of benzene rings is 1. The highest BCUT2D eigenvalue weighted by molar-refractivity contribution is 5.68. The van der Waals surface area contributed by atoms with Gasteiger partial charge in [-0.1, -0.05) is 12.1 Å². The van der Waals surface area contributed by atoms with Gasteiger partial charge in [0.1, 0.15) is 5.75 Å². The number of phenols is 1. The van der Waals surface area contributed by atoms with Crippen molar-refractivity contribution in [3.8, 4) is 5.75 Å². The first-order valence-electron chi connectivity index (χ1n) is 6.13. The summed E-state index contributed by atoms with van der Waals surface area (Å²) in [4.78, 5) is 13.0. The Balaban J connectivity index is 1.98. The lowest BCUT2D eigenvalue weighted by atomic mass is 10.2. The van der Waals surface area contributed by atoms with Crippen LogP contribution in [0.1, 0.15) is 18.4 Å². The molecule has 1 aliphatic rings. The molecule has 110 valence electrons. The summed E-state index contributed by atoms with van der Waals surface area (Å²) >= 11 is 0. The SMILES string of the molecule is O=C(OCC(F)(F)F)N(Cc1cccc(O)c1)C1CC1. The summed E-state index contributed by atoms with van der Waals surface area (Å²) < 4.78 is 40.4. The van der Waals surface area contributed by atoms with E-state index in [1.165, 1.54) is 17.0 Å². The number of aromatic hydroxyl groups is 1. The van der Waals surface area contributed by atoms with Crippen LogP contribution in [0.25, 0.3) is 0 Å². The number of carbonyl (C=O) groups is 1. The molecule has 1 fully saturated rings. The van der Waals surface area contributed by atoms with E-state index < -0.39 is 18.9 Å². The Hall–Kier alpha value is -1.92. The largest absolute Gasteiger partial charge is 0.508 e. The molecular weight excluding hydrogens is 275 g/mol. The molecule has 0 bridgehead atoms. The lowest BCUT2D eigenvalue weighted by molar-refractivity contribution is -0.162. The van der Waals surface area contributed by atoms with Crippen LogP contribution in [0.15, 0.2) is 24.3 Å². The summed E-state index contributed by atoms with van der Waals surface area (Å²) in [6.45, 7) is -1.47. The highest BCUT2D eigenvalue weighted by Gasteiger charge is 2.36. The van der Waals surface area contributed by atoms with Crippen LogP contribution >= 0.6 is 0 Å². The zero-order valence-corrected chi connectivity index (χ0v) is 10.6. The van der Waals surface area contributed by atoms with Crippen molar-refractivity contribution < 1.29 is 27.8 Å². The Morgan fingerprint density at radius 1 is 1.40 bits per heavy atom. The maximum absolute atomic E-state index is 12.0. The third-order valence-corrected chi connectivity index (χ3v) is 2.84. The summed E-state index contributed by atoms with van der Waals surface area (Å²) in [7, 11) is 0. The van der Waals surface area contributed by atoms with Gasteiger partial charge in [-0.15, -0.1) is 0 Å². The van der Waals surface area contributed by atoms with E-state index in [0.717, 1.165) is 12.8 Å². The van der Waals surface area contributed by atoms with Gasteiger partial charge in [-0.05, 0) is 30.5 Å². The number of hydrogen-bond acceptors (Lipinski definition) is 3. The van der Waals surface area contributed by atoms with Crippen LogP contribution in [0.3, 0.4) is 0 Å². The second kappa shape index (κ2) is 5.60.